The fraction of sp³-hybridized carbons (Fsp3) is 1.00. The van der Waals surface area contributed by atoms with Crippen LogP contribution in [0, 0.1) is 0 Å². The van der Waals surface area contributed by atoms with Crippen LogP contribution in [0.1, 0.15) is 6.92 Å². The molecule has 0 spiro atoms. The Morgan fingerprint density at radius 1 is 1.80 bits per heavy atom. The van der Waals surface area contributed by atoms with E-state index in [-0.39, 0.29) is 0 Å². The maximum atomic E-state index is 4.79. The Bertz CT molecular complexity index is 20.9. The summed E-state index contributed by atoms with van der Waals surface area (Å²) in [5.41, 5.74) is 0. The third kappa shape index (κ3) is 4.76. The van der Waals surface area contributed by atoms with Gasteiger partial charge < -0.3 is 0 Å². The molecule has 0 rings (SSSR count). The zero-order chi connectivity index (χ0) is 4.28. The Hall–Kier alpha value is 0.759. The summed E-state index contributed by atoms with van der Waals surface area (Å²) in [6.45, 7) is 2.04. The average molecular weight is 178 g/mol. The Balaban J connectivity index is 2.54. The van der Waals surface area contributed by atoms with E-state index in [0.717, 1.165) is 0 Å². The molecule has 1 unspecified atom stereocenters. The number of ether oxygens (including phenoxy) is 1. The summed E-state index contributed by atoms with van der Waals surface area (Å²) in [6, 6.07) is 0. The predicted molar refractivity (Wildman–Crippen MR) is 22.2 cm³/mol. The second-order valence-corrected chi connectivity index (χ2v) is 3.20. The molecule has 1 nitrogen and oxygen atoms in total. The van der Waals surface area contributed by atoms with Crippen molar-refractivity contribution in [1.82, 2.24) is 0 Å². The standard InChI is InChI=1S/C3H7O.Sn/c1-3-4-2;/h3H,1-2H3;. The van der Waals surface area contributed by atoms with Crippen molar-refractivity contribution >= 4 is 22.5 Å². The molecule has 0 amide bonds. The monoisotopic (exact) mass is 179 g/mol. The van der Waals surface area contributed by atoms with Crippen molar-refractivity contribution in [2.75, 3.05) is 7.11 Å². The third-order valence-electron chi connectivity index (χ3n) is 0.354. The van der Waals surface area contributed by atoms with Gasteiger partial charge in [0.05, 0.1) is 0 Å². The molecule has 3 radical (unpaired) electrons. The van der Waals surface area contributed by atoms with Gasteiger partial charge in [-0.2, -0.15) is 0 Å². The summed E-state index contributed by atoms with van der Waals surface area (Å²) in [5.74, 6) is 0. The maximum absolute atomic E-state index is 4.79. The SMILES string of the molecule is CO[CH](C)[Sn]. The van der Waals surface area contributed by atoms with E-state index in [9.17, 15) is 0 Å². The minimum absolute atomic E-state index is 0.474. The third-order valence-corrected chi connectivity index (χ3v) is 1.03. The van der Waals surface area contributed by atoms with E-state index in [1.165, 1.54) is 22.5 Å². The van der Waals surface area contributed by atoms with Gasteiger partial charge in [-0.3, -0.25) is 0 Å². The second-order valence-electron chi connectivity index (χ2n) is 0.878. The van der Waals surface area contributed by atoms with Crippen LogP contribution in [-0.4, -0.2) is 33.8 Å². The summed E-state index contributed by atoms with van der Waals surface area (Å²) < 4.78 is 5.26. The average Bonchev–Trinajstić information content (AvgIpc) is 1.38. The fourth-order valence-corrected chi connectivity index (χ4v) is 0. The van der Waals surface area contributed by atoms with Crippen LogP contribution in [0.25, 0.3) is 0 Å². The van der Waals surface area contributed by atoms with Crippen LogP contribution in [0.2, 0.25) is 0 Å². The van der Waals surface area contributed by atoms with E-state index in [1.54, 1.807) is 7.11 Å². The zero-order valence-electron chi connectivity index (χ0n) is 3.49. The molecule has 0 saturated carbocycles. The topological polar surface area (TPSA) is 9.23 Å². The summed E-state index contributed by atoms with van der Waals surface area (Å²) in [4.78, 5) is 0. The van der Waals surface area contributed by atoms with Gasteiger partial charge in [0.1, 0.15) is 0 Å². The van der Waals surface area contributed by atoms with Crippen LogP contribution in [-0.2, 0) is 4.74 Å². The zero-order valence-corrected chi connectivity index (χ0v) is 6.34. The first kappa shape index (κ1) is 5.76. The molecule has 0 bridgehead atoms. The van der Waals surface area contributed by atoms with Crippen LogP contribution in [0.5, 0.6) is 0 Å². The van der Waals surface area contributed by atoms with Gasteiger partial charge in [-0.15, -0.1) is 0 Å². The number of hydrogen-bond acceptors (Lipinski definition) is 1. The molecule has 0 N–H and O–H groups in total. The Labute approximate surface area is 45.8 Å². The van der Waals surface area contributed by atoms with Crippen molar-refractivity contribution in [2.45, 2.75) is 11.0 Å². The Kier molecular flexibility index (Phi) is 3.42. The van der Waals surface area contributed by atoms with Crippen molar-refractivity contribution in [3.05, 3.63) is 0 Å². The van der Waals surface area contributed by atoms with Gasteiger partial charge in [0, 0.05) is 0 Å². The van der Waals surface area contributed by atoms with Gasteiger partial charge in [-0.1, -0.05) is 0 Å². The van der Waals surface area contributed by atoms with E-state index in [0.29, 0.717) is 4.12 Å². The van der Waals surface area contributed by atoms with Crippen molar-refractivity contribution in [3.63, 3.8) is 0 Å². The fourth-order valence-electron chi connectivity index (χ4n) is 0. The van der Waals surface area contributed by atoms with Crippen LogP contribution in [0.4, 0.5) is 0 Å². The predicted octanol–water partition coefficient (Wildman–Crippen LogP) is 0.147. The van der Waals surface area contributed by atoms with Gasteiger partial charge in [0.25, 0.3) is 0 Å². The van der Waals surface area contributed by atoms with Gasteiger partial charge in [-0.25, -0.2) is 0 Å². The summed E-state index contributed by atoms with van der Waals surface area (Å²) in [7, 11) is 1.72. The quantitative estimate of drug-likeness (QED) is 0.519. The first-order valence-corrected chi connectivity index (χ1v) is 3.16. The summed E-state index contributed by atoms with van der Waals surface area (Å²) in [6.07, 6.45) is 0. The van der Waals surface area contributed by atoms with E-state index < -0.39 is 0 Å². The molecule has 0 aromatic heterocycles. The molecule has 0 aliphatic carbocycles. The van der Waals surface area contributed by atoms with Crippen molar-refractivity contribution < 1.29 is 4.74 Å². The molecular formula is C3H7OSn. The van der Waals surface area contributed by atoms with Crippen molar-refractivity contribution in [1.29, 1.82) is 0 Å². The molecule has 0 fully saturated rings. The molecule has 0 aliphatic rings. The van der Waals surface area contributed by atoms with E-state index in [1.807, 2.05) is 6.92 Å². The van der Waals surface area contributed by atoms with Gasteiger partial charge in [0.15, 0.2) is 0 Å². The number of hydrogen-bond donors (Lipinski definition) is 0. The van der Waals surface area contributed by atoms with Crippen LogP contribution in [0.3, 0.4) is 0 Å². The Morgan fingerprint density at radius 2 is 2.00 bits per heavy atom. The molecule has 2 heteroatoms. The molecule has 0 aromatic carbocycles. The normalized spacial score (nSPS) is 15.0. The van der Waals surface area contributed by atoms with E-state index in [4.69, 9.17) is 4.74 Å². The van der Waals surface area contributed by atoms with Gasteiger partial charge >= 0.3 is 45.4 Å². The van der Waals surface area contributed by atoms with E-state index >= 15 is 0 Å². The molecule has 0 aliphatic heterocycles. The molecule has 0 heterocycles. The van der Waals surface area contributed by atoms with Crippen molar-refractivity contribution in [3.8, 4) is 0 Å². The van der Waals surface area contributed by atoms with Crippen LogP contribution in [0.15, 0.2) is 0 Å². The molecule has 1 atom stereocenters. The molecule has 0 aromatic rings. The second kappa shape index (κ2) is 2.97. The molecule has 5 heavy (non-hydrogen) atoms. The summed E-state index contributed by atoms with van der Waals surface area (Å²) >= 11 is 1.45. The Morgan fingerprint density at radius 3 is 2.00 bits per heavy atom. The van der Waals surface area contributed by atoms with E-state index in [2.05, 4.69) is 0 Å². The van der Waals surface area contributed by atoms with Crippen molar-refractivity contribution in [2.24, 2.45) is 0 Å². The minimum atomic E-state index is 0.474. The number of methoxy groups -OCH3 is 1. The molecule has 29 valence electrons. The van der Waals surface area contributed by atoms with Gasteiger partial charge in [0.2, 0.25) is 0 Å². The first-order chi connectivity index (χ1) is 2.27. The van der Waals surface area contributed by atoms with Crippen LogP contribution < -0.4 is 0 Å². The number of rotatable bonds is 1. The van der Waals surface area contributed by atoms with Crippen LogP contribution >= 0.6 is 0 Å². The van der Waals surface area contributed by atoms with Gasteiger partial charge in [-0.05, 0) is 0 Å². The molecule has 0 saturated heterocycles. The summed E-state index contributed by atoms with van der Waals surface area (Å²) in [5, 5.41) is 0. The first-order valence-electron chi connectivity index (χ1n) is 1.51. The molecular weight excluding hydrogens is 171 g/mol.